The molecule has 1 amide bonds. The minimum Gasteiger partial charge on any atom is -0.465 e. The van der Waals surface area contributed by atoms with Gasteiger partial charge in [-0.15, -0.1) is 0 Å². The van der Waals surface area contributed by atoms with E-state index >= 15 is 0 Å². The number of ether oxygens (including phenoxy) is 1. The number of nitrogens with zero attached hydrogens (tertiary/aromatic N) is 2. The van der Waals surface area contributed by atoms with Crippen molar-refractivity contribution in [2.45, 2.75) is 31.7 Å². The summed E-state index contributed by atoms with van der Waals surface area (Å²) in [7, 11) is 0. The molecule has 0 saturated heterocycles. The van der Waals surface area contributed by atoms with Gasteiger partial charge in [-0.25, -0.2) is 9.48 Å². The van der Waals surface area contributed by atoms with Crippen molar-refractivity contribution in [2.24, 2.45) is 0 Å². The first-order chi connectivity index (χ1) is 11.7. The van der Waals surface area contributed by atoms with Gasteiger partial charge < -0.3 is 14.5 Å². The summed E-state index contributed by atoms with van der Waals surface area (Å²) in [5.41, 5.74) is 0. The van der Waals surface area contributed by atoms with Crippen molar-refractivity contribution < 1.29 is 18.7 Å². The number of hydrogen-bond donors (Lipinski definition) is 1. The fourth-order valence-corrected chi connectivity index (χ4v) is 2.75. The maximum absolute atomic E-state index is 11.9. The van der Waals surface area contributed by atoms with Crippen LogP contribution in [-0.2, 0) is 14.3 Å². The molecular weight excluding hydrogens is 310 g/mol. The van der Waals surface area contributed by atoms with E-state index in [9.17, 15) is 9.59 Å². The Bertz CT molecular complexity index is 712. The maximum atomic E-state index is 11.9. The Balaban J connectivity index is 1.47. The number of rotatable bonds is 6. The van der Waals surface area contributed by atoms with Crippen LogP contribution in [-0.4, -0.2) is 28.3 Å². The van der Waals surface area contributed by atoms with E-state index in [1.807, 2.05) is 4.68 Å². The van der Waals surface area contributed by atoms with Crippen LogP contribution < -0.4 is 5.32 Å². The third-order valence-electron chi connectivity index (χ3n) is 3.88. The highest BCUT2D eigenvalue weighted by Crippen LogP contribution is 2.31. The van der Waals surface area contributed by atoms with Crippen LogP contribution in [0.25, 0.3) is 6.08 Å². The Labute approximate surface area is 139 Å². The third kappa shape index (κ3) is 4.13. The van der Waals surface area contributed by atoms with Gasteiger partial charge in [-0.2, -0.15) is 5.10 Å². The Morgan fingerprint density at radius 2 is 2.21 bits per heavy atom. The van der Waals surface area contributed by atoms with Crippen LogP contribution in [0.4, 0.5) is 5.82 Å². The molecule has 0 aliphatic heterocycles. The topological polar surface area (TPSA) is 86.4 Å². The second-order valence-electron chi connectivity index (χ2n) is 5.60. The molecule has 2 aromatic rings. The summed E-state index contributed by atoms with van der Waals surface area (Å²) in [6, 6.07) is 5.50. The molecule has 1 aliphatic carbocycles. The number of hydrogen-bond acceptors (Lipinski definition) is 5. The van der Waals surface area contributed by atoms with E-state index in [0.29, 0.717) is 17.6 Å². The molecular formula is C17H19N3O4. The number of anilines is 1. The van der Waals surface area contributed by atoms with Gasteiger partial charge in [-0.1, -0.05) is 12.8 Å². The van der Waals surface area contributed by atoms with Gasteiger partial charge in [0, 0.05) is 12.1 Å². The maximum Gasteiger partial charge on any atom is 0.331 e. The van der Waals surface area contributed by atoms with Gasteiger partial charge in [-0.3, -0.25) is 4.79 Å². The summed E-state index contributed by atoms with van der Waals surface area (Å²) in [6.07, 6.45) is 10.4. The number of esters is 1. The van der Waals surface area contributed by atoms with Crippen LogP contribution in [0.3, 0.4) is 0 Å². The molecule has 0 aromatic carbocycles. The van der Waals surface area contributed by atoms with E-state index in [2.05, 4.69) is 10.4 Å². The highest BCUT2D eigenvalue weighted by Gasteiger charge is 2.20. The lowest BCUT2D eigenvalue weighted by atomic mass is 10.2. The molecule has 1 N–H and O–H groups in total. The first-order valence-electron chi connectivity index (χ1n) is 7.94. The summed E-state index contributed by atoms with van der Waals surface area (Å²) in [5.74, 6) is 0.172. The summed E-state index contributed by atoms with van der Waals surface area (Å²) >= 11 is 0. The molecule has 0 bridgehead atoms. The molecule has 2 heterocycles. The Morgan fingerprint density at radius 1 is 1.38 bits per heavy atom. The monoisotopic (exact) mass is 329 g/mol. The molecule has 0 atom stereocenters. The molecule has 3 rings (SSSR count). The molecule has 24 heavy (non-hydrogen) atoms. The predicted octanol–water partition coefficient (Wildman–Crippen LogP) is 2.79. The number of furan rings is 1. The lowest BCUT2D eigenvalue weighted by molar-refractivity contribution is -0.142. The zero-order valence-electron chi connectivity index (χ0n) is 13.2. The van der Waals surface area contributed by atoms with Gasteiger partial charge in [0.2, 0.25) is 0 Å². The molecule has 0 unspecified atom stereocenters. The summed E-state index contributed by atoms with van der Waals surface area (Å²) in [5, 5.41) is 7.01. The molecule has 2 aromatic heterocycles. The molecule has 0 spiro atoms. The Kier molecular flexibility index (Phi) is 5.10. The van der Waals surface area contributed by atoms with Gasteiger partial charge in [0.1, 0.15) is 11.6 Å². The second kappa shape index (κ2) is 7.63. The van der Waals surface area contributed by atoms with Gasteiger partial charge >= 0.3 is 5.97 Å². The zero-order valence-corrected chi connectivity index (χ0v) is 13.2. The Morgan fingerprint density at radius 3 is 2.96 bits per heavy atom. The average Bonchev–Trinajstić information content (AvgIpc) is 3.31. The van der Waals surface area contributed by atoms with Gasteiger partial charge in [-0.05, 0) is 31.1 Å². The number of amides is 1. The van der Waals surface area contributed by atoms with Gasteiger partial charge in [0.15, 0.2) is 6.61 Å². The predicted molar refractivity (Wildman–Crippen MR) is 87.1 cm³/mol. The molecule has 1 aliphatic rings. The van der Waals surface area contributed by atoms with E-state index in [1.165, 1.54) is 31.3 Å². The minimum atomic E-state index is -0.606. The summed E-state index contributed by atoms with van der Waals surface area (Å²) in [4.78, 5) is 23.5. The van der Waals surface area contributed by atoms with E-state index < -0.39 is 11.9 Å². The normalized spacial score (nSPS) is 15.0. The Hall–Kier alpha value is -2.83. The zero-order chi connectivity index (χ0) is 16.8. The minimum absolute atomic E-state index is 0.328. The molecule has 7 heteroatoms. The molecule has 7 nitrogen and oxygen atoms in total. The van der Waals surface area contributed by atoms with Crippen molar-refractivity contribution in [3.63, 3.8) is 0 Å². The highest BCUT2D eigenvalue weighted by molar-refractivity contribution is 5.94. The smallest absolute Gasteiger partial charge is 0.331 e. The van der Waals surface area contributed by atoms with Crippen molar-refractivity contribution in [1.82, 2.24) is 9.78 Å². The van der Waals surface area contributed by atoms with E-state index in [0.717, 1.165) is 12.8 Å². The number of carbonyl (C=O) groups excluding carboxylic acids is 2. The number of aromatic nitrogens is 2. The van der Waals surface area contributed by atoms with E-state index in [4.69, 9.17) is 9.15 Å². The van der Waals surface area contributed by atoms with Crippen molar-refractivity contribution in [1.29, 1.82) is 0 Å². The lowest BCUT2D eigenvalue weighted by Crippen LogP contribution is -2.22. The van der Waals surface area contributed by atoms with Gasteiger partial charge in [0.05, 0.1) is 18.5 Å². The van der Waals surface area contributed by atoms with Crippen molar-refractivity contribution in [2.75, 3.05) is 11.9 Å². The lowest BCUT2D eigenvalue weighted by Gasteiger charge is -2.14. The van der Waals surface area contributed by atoms with Crippen LogP contribution in [0.2, 0.25) is 0 Å². The summed E-state index contributed by atoms with van der Waals surface area (Å²) in [6.45, 7) is -0.350. The fourth-order valence-electron chi connectivity index (χ4n) is 2.75. The third-order valence-corrected chi connectivity index (χ3v) is 3.88. The van der Waals surface area contributed by atoms with Crippen LogP contribution in [0.5, 0.6) is 0 Å². The van der Waals surface area contributed by atoms with E-state index in [1.54, 1.807) is 24.4 Å². The number of nitrogens with one attached hydrogen (secondary N) is 1. The highest BCUT2D eigenvalue weighted by atomic mass is 16.5. The molecule has 126 valence electrons. The van der Waals surface area contributed by atoms with Gasteiger partial charge in [0.25, 0.3) is 5.91 Å². The van der Waals surface area contributed by atoms with E-state index in [-0.39, 0.29) is 6.61 Å². The molecule has 1 fully saturated rings. The molecule has 0 radical (unpaired) electrons. The van der Waals surface area contributed by atoms with Crippen LogP contribution in [0, 0.1) is 0 Å². The standard InChI is InChI=1S/C17H19N3O4/c21-16(12-24-17(22)8-7-14-6-3-11-23-14)19-15-9-10-18-20(15)13-4-1-2-5-13/h3,6-11,13H,1-2,4-5,12H2,(H,19,21)/b8-7+. The van der Waals surface area contributed by atoms with Crippen LogP contribution >= 0.6 is 0 Å². The van der Waals surface area contributed by atoms with Crippen molar-refractivity contribution in [3.8, 4) is 0 Å². The quantitative estimate of drug-likeness (QED) is 0.650. The van der Waals surface area contributed by atoms with Crippen LogP contribution in [0.15, 0.2) is 41.2 Å². The largest absolute Gasteiger partial charge is 0.465 e. The first kappa shape index (κ1) is 16.0. The average molecular weight is 329 g/mol. The van der Waals surface area contributed by atoms with Crippen molar-refractivity contribution >= 4 is 23.8 Å². The SMILES string of the molecule is O=C(COC(=O)/C=C/c1ccco1)Nc1ccnn1C1CCCC1. The molecule has 1 saturated carbocycles. The van der Waals surface area contributed by atoms with Crippen LogP contribution in [0.1, 0.15) is 37.5 Å². The fraction of sp³-hybridized carbons (Fsp3) is 0.353. The summed E-state index contributed by atoms with van der Waals surface area (Å²) < 4.78 is 11.8. The second-order valence-corrected chi connectivity index (χ2v) is 5.60. The first-order valence-corrected chi connectivity index (χ1v) is 7.94. The van der Waals surface area contributed by atoms with Crippen molar-refractivity contribution in [3.05, 3.63) is 42.5 Å². The number of carbonyl (C=O) groups is 2.